The van der Waals surface area contributed by atoms with Crippen molar-refractivity contribution < 1.29 is 0 Å². The lowest BCUT2D eigenvalue weighted by molar-refractivity contribution is 0.414. The molecule has 0 heterocycles. The highest BCUT2D eigenvalue weighted by Gasteiger charge is 2.04. The molecule has 0 radical (unpaired) electrons. The smallest absolute Gasteiger partial charge is 0.0992 e. The van der Waals surface area contributed by atoms with Gasteiger partial charge in [0.25, 0.3) is 0 Å². The zero-order valence-corrected chi connectivity index (χ0v) is 10.3. The predicted molar refractivity (Wildman–Crippen MR) is 67.6 cm³/mol. The van der Waals surface area contributed by atoms with E-state index in [1.54, 1.807) is 0 Å². The van der Waals surface area contributed by atoms with Crippen molar-refractivity contribution >= 4 is 5.69 Å². The summed E-state index contributed by atoms with van der Waals surface area (Å²) in [5, 5.41) is 8.86. The van der Waals surface area contributed by atoms with Crippen LogP contribution in [0.1, 0.15) is 12.5 Å². The number of nitrogens with zero attached hydrogens (tertiary/aromatic N) is 3. The monoisotopic (exact) mass is 217 g/mol. The maximum Gasteiger partial charge on any atom is 0.0992 e. The second-order valence-electron chi connectivity index (χ2n) is 4.05. The normalized spacial score (nSPS) is 10.2. The van der Waals surface area contributed by atoms with Gasteiger partial charge in [-0.15, -0.1) is 0 Å². The van der Waals surface area contributed by atoms with Crippen LogP contribution in [0.15, 0.2) is 24.3 Å². The maximum atomic E-state index is 8.86. The van der Waals surface area contributed by atoms with E-state index in [1.807, 2.05) is 18.2 Å². The Morgan fingerprint density at radius 3 is 2.56 bits per heavy atom. The molecule has 0 aliphatic rings. The van der Waals surface area contributed by atoms with Crippen LogP contribution in [0.3, 0.4) is 0 Å². The van der Waals surface area contributed by atoms with E-state index in [4.69, 9.17) is 5.26 Å². The Labute approximate surface area is 97.9 Å². The molecule has 1 rings (SSSR count). The number of benzene rings is 1. The molecule has 16 heavy (non-hydrogen) atoms. The standard InChI is InChI=1S/C13H19N3/c1-4-16(9-8-15(2)3)13-7-5-6-12(10-13)11-14/h5-7,10H,4,8-9H2,1-3H3. The Balaban J connectivity index is 2.75. The zero-order chi connectivity index (χ0) is 12.0. The maximum absolute atomic E-state index is 8.86. The molecule has 0 saturated carbocycles. The molecule has 0 fully saturated rings. The molecule has 3 nitrogen and oxygen atoms in total. The summed E-state index contributed by atoms with van der Waals surface area (Å²) in [6, 6.07) is 9.95. The summed E-state index contributed by atoms with van der Waals surface area (Å²) < 4.78 is 0. The van der Waals surface area contributed by atoms with E-state index >= 15 is 0 Å². The van der Waals surface area contributed by atoms with E-state index in [-0.39, 0.29) is 0 Å². The Morgan fingerprint density at radius 1 is 1.25 bits per heavy atom. The van der Waals surface area contributed by atoms with Crippen LogP contribution < -0.4 is 4.90 Å². The van der Waals surface area contributed by atoms with Gasteiger partial charge in [-0.1, -0.05) is 6.07 Å². The van der Waals surface area contributed by atoms with Crippen LogP contribution in [-0.2, 0) is 0 Å². The van der Waals surface area contributed by atoms with Gasteiger partial charge in [-0.25, -0.2) is 0 Å². The predicted octanol–water partition coefficient (Wildman–Crippen LogP) is 1.95. The molecule has 0 unspecified atom stereocenters. The van der Waals surface area contributed by atoms with E-state index in [0.29, 0.717) is 0 Å². The third kappa shape index (κ3) is 3.56. The Morgan fingerprint density at radius 2 is 2.00 bits per heavy atom. The summed E-state index contributed by atoms with van der Waals surface area (Å²) in [7, 11) is 4.14. The van der Waals surface area contributed by atoms with Crippen LogP contribution in [0.4, 0.5) is 5.69 Å². The minimum Gasteiger partial charge on any atom is -0.370 e. The number of nitriles is 1. The van der Waals surface area contributed by atoms with Crippen molar-refractivity contribution in [3.8, 4) is 6.07 Å². The van der Waals surface area contributed by atoms with Crippen LogP contribution in [0.2, 0.25) is 0 Å². The SMILES string of the molecule is CCN(CCN(C)C)c1cccc(C#N)c1. The second kappa shape index (κ2) is 6.14. The van der Waals surface area contributed by atoms with Crippen molar-refractivity contribution in [1.82, 2.24) is 4.90 Å². The first-order chi connectivity index (χ1) is 7.67. The van der Waals surface area contributed by atoms with Gasteiger partial charge in [-0.05, 0) is 39.2 Å². The van der Waals surface area contributed by atoms with Gasteiger partial charge in [0.2, 0.25) is 0 Å². The molecule has 0 N–H and O–H groups in total. The topological polar surface area (TPSA) is 30.3 Å². The Bertz CT molecular complexity index is 366. The van der Waals surface area contributed by atoms with Gasteiger partial charge in [0.05, 0.1) is 11.6 Å². The quantitative estimate of drug-likeness (QED) is 0.755. The minimum atomic E-state index is 0.723. The van der Waals surface area contributed by atoms with Crippen molar-refractivity contribution in [3.05, 3.63) is 29.8 Å². The van der Waals surface area contributed by atoms with Crippen LogP contribution in [0, 0.1) is 11.3 Å². The number of hydrogen-bond acceptors (Lipinski definition) is 3. The fraction of sp³-hybridized carbons (Fsp3) is 0.462. The molecule has 0 aliphatic heterocycles. The molecule has 0 amide bonds. The van der Waals surface area contributed by atoms with Crippen molar-refractivity contribution in [3.63, 3.8) is 0 Å². The number of rotatable bonds is 5. The Hall–Kier alpha value is -1.53. The van der Waals surface area contributed by atoms with Gasteiger partial charge in [0, 0.05) is 25.3 Å². The first-order valence-electron chi connectivity index (χ1n) is 5.57. The number of likely N-dealkylation sites (N-methyl/N-ethyl adjacent to an activating group) is 2. The molecule has 0 aliphatic carbocycles. The molecule has 0 saturated heterocycles. The third-order valence-electron chi connectivity index (χ3n) is 2.54. The number of anilines is 1. The summed E-state index contributed by atoms with van der Waals surface area (Å²) >= 11 is 0. The van der Waals surface area contributed by atoms with Gasteiger partial charge < -0.3 is 9.80 Å². The van der Waals surface area contributed by atoms with Crippen molar-refractivity contribution in [2.75, 3.05) is 38.6 Å². The Kier molecular flexibility index (Phi) is 4.81. The fourth-order valence-electron chi connectivity index (χ4n) is 1.56. The van der Waals surface area contributed by atoms with Crippen LogP contribution in [0.5, 0.6) is 0 Å². The van der Waals surface area contributed by atoms with Gasteiger partial charge in [0.15, 0.2) is 0 Å². The molecule has 1 aromatic rings. The van der Waals surface area contributed by atoms with Crippen molar-refractivity contribution in [1.29, 1.82) is 5.26 Å². The van der Waals surface area contributed by atoms with Crippen LogP contribution in [-0.4, -0.2) is 38.6 Å². The van der Waals surface area contributed by atoms with E-state index in [9.17, 15) is 0 Å². The van der Waals surface area contributed by atoms with Gasteiger partial charge in [-0.2, -0.15) is 5.26 Å². The average molecular weight is 217 g/mol. The van der Waals surface area contributed by atoms with Crippen molar-refractivity contribution in [2.45, 2.75) is 6.92 Å². The molecule has 0 bridgehead atoms. The molecular weight excluding hydrogens is 198 g/mol. The van der Waals surface area contributed by atoms with Crippen LogP contribution >= 0.6 is 0 Å². The van der Waals surface area contributed by atoms with E-state index in [2.05, 4.69) is 43.0 Å². The molecule has 0 aromatic heterocycles. The average Bonchev–Trinajstić information content (AvgIpc) is 2.30. The van der Waals surface area contributed by atoms with Gasteiger partial charge >= 0.3 is 0 Å². The summed E-state index contributed by atoms with van der Waals surface area (Å²) in [4.78, 5) is 4.44. The minimum absolute atomic E-state index is 0.723. The molecule has 3 heteroatoms. The molecular formula is C13H19N3. The lowest BCUT2D eigenvalue weighted by atomic mass is 10.2. The van der Waals surface area contributed by atoms with Gasteiger partial charge in [-0.3, -0.25) is 0 Å². The number of hydrogen-bond donors (Lipinski definition) is 0. The molecule has 86 valence electrons. The van der Waals surface area contributed by atoms with E-state index in [1.165, 1.54) is 0 Å². The highest BCUT2D eigenvalue weighted by molar-refractivity contribution is 5.51. The zero-order valence-electron chi connectivity index (χ0n) is 10.3. The highest BCUT2D eigenvalue weighted by Crippen LogP contribution is 2.15. The lowest BCUT2D eigenvalue weighted by Crippen LogP contribution is -2.31. The van der Waals surface area contributed by atoms with E-state index < -0.39 is 0 Å². The van der Waals surface area contributed by atoms with Gasteiger partial charge in [0.1, 0.15) is 0 Å². The van der Waals surface area contributed by atoms with Crippen molar-refractivity contribution in [2.24, 2.45) is 0 Å². The summed E-state index contributed by atoms with van der Waals surface area (Å²) in [5.74, 6) is 0. The molecule has 0 atom stereocenters. The van der Waals surface area contributed by atoms with Crippen LogP contribution in [0.25, 0.3) is 0 Å². The summed E-state index contributed by atoms with van der Waals surface area (Å²) in [5.41, 5.74) is 1.85. The molecule has 1 aromatic carbocycles. The first kappa shape index (κ1) is 12.5. The molecule has 0 spiro atoms. The first-order valence-corrected chi connectivity index (χ1v) is 5.57. The lowest BCUT2D eigenvalue weighted by Gasteiger charge is -2.24. The second-order valence-corrected chi connectivity index (χ2v) is 4.05. The summed E-state index contributed by atoms with van der Waals surface area (Å²) in [6.07, 6.45) is 0. The summed E-state index contributed by atoms with van der Waals surface area (Å²) in [6.45, 7) is 5.10. The van der Waals surface area contributed by atoms with E-state index in [0.717, 1.165) is 30.9 Å². The third-order valence-corrected chi connectivity index (χ3v) is 2.54. The highest BCUT2D eigenvalue weighted by atomic mass is 15.2. The fourth-order valence-corrected chi connectivity index (χ4v) is 1.56. The largest absolute Gasteiger partial charge is 0.370 e.